The van der Waals surface area contributed by atoms with Crippen LogP contribution in [0.15, 0.2) is 48.5 Å². The van der Waals surface area contributed by atoms with Crippen molar-refractivity contribution in [2.24, 2.45) is 0 Å². The zero-order chi connectivity index (χ0) is 27.7. The van der Waals surface area contributed by atoms with Gasteiger partial charge in [0.15, 0.2) is 11.5 Å². The van der Waals surface area contributed by atoms with Gasteiger partial charge in [0.05, 0.1) is 12.6 Å². The zero-order valence-corrected chi connectivity index (χ0v) is 22.8. The molecule has 204 valence electrons. The highest BCUT2D eigenvalue weighted by atomic mass is 16.6. The van der Waals surface area contributed by atoms with E-state index in [0.29, 0.717) is 43.6 Å². The summed E-state index contributed by atoms with van der Waals surface area (Å²) in [6.45, 7) is 9.00. The zero-order valence-electron chi connectivity index (χ0n) is 22.8. The van der Waals surface area contributed by atoms with E-state index in [1.165, 1.54) is 0 Å². The van der Waals surface area contributed by atoms with E-state index in [0.717, 1.165) is 22.2 Å². The smallest absolute Gasteiger partial charge is 0.410 e. The van der Waals surface area contributed by atoms with Crippen LogP contribution in [0.2, 0.25) is 0 Å². The van der Waals surface area contributed by atoms with Crippen LogP contribution in [0.1, 0.15) is 27.7 Å². The lowest BCUT2D eigenvalue weighted by Crippen LogP contribution is -2.54. The molecule has 5 rings (SSSR count). The largest absolute Gasteiger partial charge is 0.497 e. The molecule has 11 nitrogen and oxygen atoms in total. The summed E-state index contributed by atoms with van der Waals surface area (Å²) in [7, 11) is 1.62. The van der Waals surface area contributed by atoms with Crippen molar-refractivity contribution in [2.45, 2.75) is 39.3 Å². The molecule has 2 aromatic heterocycles. The van der Waals surface area contributed by atoms with Crippen LogP contribution < -0.4 is 10.1 Å². The predicted molar refractivity (Wildman–Crippen MR) is 148 cm³/mol. The SMILES string of the molecule is COc1ccc(-c2nc3c4ccccc4nc(N[C@H](C)C(=O)N4CCN(C(=O)OC(C)(C)C)CC4)n3n2)cc1. The molecule has 0 bridgehead atoms. The molecule has 0 spiro atoms. The number of carbonyl (C=O) groups excluding carboxylic acids is 2. The maximum absolute atomic E-state index is 13.3. The third kappa shape index (κ3) is 5.57. The maximum atomic E-state index is 13.3. The number of hydrogen-bond acceptors (Lipinski definition) is 8. The van der Waals surface area contributed by atoms with Crippen molar-refractivity contribution in [3.8, 4) is 17.1 Å². The molecule has 0 unspecified atom stereocenters. The Kier molecular flexibility index (Phi) is 6.98. The molecule has 0 aliphatic carbocycles. The van der Waals surface area contributed by atoms with Gasteiger partial charge < -0.3 is 24.6 Å². The maximum Gasteiger partial charge on any atom is 0.410 e. The fraction of sp³-hybridized carbons (Fsp3) is 0.393. The Morgan fingerprint density at radius 1 is 0.949 bits per heavy atom. The normalized spacial score (nSPS) is 14.9. The number of anilines is 1. The van der Waals surface area contributed by atoms with Gasteiger partial charge in [-0.1, -0.05) is 12.1 Å². The second-order valence-corrected chi connectivity index (χ2v) is 10.5. The second-order valence-electron chi connectivity index (χ2n) is 10.5. The van der Waals surface area contributed by atoms with Crippen LogP contribution in [-0.4, -0.2) is 86.3 Å². The highest BCUT2D eigenvalue weighted by Gasteiger charge is 2.30. The molecule has 0 radical (unpaired) electrons. The van der Waals surface area contributed by atoms with Gasteiger partial charge in [-0.25, -0.2) is 14.8 Å². The highest BCUT2D eigenvalue weighted by Crippen LogP contribution is 2.26. The van der Waals surface area contributed by atoms with Gasteiger partial charge in [-0.3, -0.25) is 4.79 Å². The molecule has 1 aliphatic rings. The van der Waals surface area contributed by atoms with Crippen molar-refractivity contribution in [1.82, 2.24) is 29.4 Å². The van der Waals surface area contributed by atoms with Gasteiger partial charge in [0.1, 0.15) is 17.4 Å². The van der Waals surface area contributed by atoms with E-state index in [4.69, 9.17) is 24.5 Å². The molecular formula is C28H33N7O4. The van der Waals surface area contributed by atoms with E-state index in [9.17, 15) is 9.59 Å². The van der Waals surface area contributed by atoms with E-state index in [-0.39, 0.29) is 12.0 Å². The Bertz CT molecular complexity index is 1500. The van der Waals surface area contributed by atoms with Gasteiger partial charge in [-0.15, -0.1) is 5.10 Å². The topological polar surface area (TPSA) is 114 Å². The van der Waals surface area contributed by atoms with Crippen molar-refractivity contribution in [3.05, 3.63) is 48.5 Å². The number of methoxy groups -OCH3 is 1. The van der Waals surface area contributed by atoms with Crippen LogP contribution in [-0.2, 0) is 9.53 Å². The van der Waals surface area contributed by atoms with Gasteiger partial charge in [-0.05, 0) is 64.1 Å². The van der Waals surface area contributed by atoms with Crippen molar-refractivity contribution < 1.29 is 19.1 Å². The van der Waals surface area contributed by atoms with Crippen molar-refractivity contribution in [1.29, 1.82) is 0 Å². The minimum absolute atomic E-state index is 0.0857. The first-order valence-corrected chi connectivity index (χ1v) is 13.0. The quantitative estimate of drug-likeness (QED) is 0.413. The Morgan fingerprint density at radius 2 is 1.62 bits per heavy atom. The number of ether oxygens (including phenoxy) is 2. The highest BCUT2D eigenvalue weighted by molar-refractivity contribution is 5.93. The van der Waals surface area contributed by atoms with Crippen LogP contribution in [0.5, 0.6) is 5.75 Å². The van der Waals surface area contributed by atoms with Crippen molar-refractivity contribution in [2.75, 3.05) is 38.6 Å². The summed E-state index contributed by atoms with van der Waals surface area (Å²) in [5.74, 6) is 1.62. The van der Waals surface area contributed by atoms with Gasteiger partial charge in [-0.2, -0.15) is 4.52 Å². The van der Waals surface area contributed by atoms with E-state index in [2.05, 4.69) is 5.32 Å². The second kappa shape index (κ2) is 10.4. The summed E-state index contributed by atoms with van der Waals surface area (Å²) < 4.78 is 12.4. The van der Waals surface area contributed by atoms with Crippen LogP contribution >= 0.6 is 0 Å². The summed E-state index contributed by atoms with van der Waals surface area (Å²) in [6, 6.07) is 14.6. The third-order valence-electron chi connectivity index (χ3n) is 6.49. The minimum Gasteiger partial charge on any atom is -0.497 e. The van der Waals surface area contributed by atoms with E-state index in [1.807, 2.05) is 69.3 Å². The van der Waals surface area contributed by atoms with Crippen LogP contribution in [0, 0.1) is 0 Å². The standard InChI is InChI=1S/C28H33N7O4/c1-18(25(36)33-14-16-34(17-15-33)27(37)39-28(2,3)4)29-26-30-22-9-7-6-8-21(22)24-31-23(32-35(24)26)19-10-12-20(38-5)13-11-19/h6-13,18H,14-17H2,1-5H3,(H,29,30)/t18-/m1/s1. The predicted octanol–water partition coefficient (Wildman–Crippen LogP) is 3.83. The Hall–Kier alpha value is -4.41. The average molecular weight is 532 g/mol. The molecule has 3 heterocycles. The molecule has 1 atom stereocenters. The lowest BCUT2D eigenvalue weighted by atomic mass is 10.2. The number of piperazine rings is 1. The number of carbonyl (C=O) groups is 2. The molecule has 0 saturated carbocycles. The first-order chi connectivity index (χ1) is 18.6. The number of para-hydroxylation sites is 1. The first-order valence-electron chi connectivity index (χ1n) is 13.0. The number of benzene rings is 2. The Balaban J connectivity index is 1.36. The molecule has 1 aliphatic heterocycles. The van der Waals surface area contributed by atoms with Crippen molar-refractivity contribution in [3.63, 3.8) is 0 Å². The molecule has 1 fully saturated rings. The third-order valence-corrected chi connectivity index (χ3v) is 6.49. The number of nitrogens with zero attached hydrogens (tertiary/aromatic N) is 6. The van der Waals surface area contributed by atoms with Gasteiger partial charge >= 0.3 is 6.09 Å². The molecule has 1 N–H and O–H groups in total. The molecular weight excluding hydrogens is 498 g/mol. The minimum atomic E-state index is -0.580. The number of amides is 2. The average Bonchev–Trinajstić information content (AvgIpc) is 3.38. The summed E-state index contributed by atoms with van der Waals surface area (Å²) >= 11 is 0. The molecule has 4 aromatic rings. The van der Waals surface area contributed by atoms with Gasteiger partial charge in [0.25, 0.3) is 0 Å². The lowest BCUT2D eigenvalue weighted by molar-refractivity contribution is -0.133. The summed E-state index contributed by atoms with van der Waals surface area (Å²) in [4.78, 5) is 38.7. The van der Waals surface area contributed by atoms with Gasteiger partial charge in [0, 0.05) is 37.1 Å². The fourth-order valence-electron chi connectivity index (χ4n) is 4.48. The van der Waals surface area contributed by atoms with Crippen LogP contribution in [0.25, 0.3) is 27.9 Å². The number of hydrogen-bond donors (Lipinski definition) is 1. The van der Waals surface area contributed by atoms with Crippen LogP contribution in [0.4, 0.5) is 10.7 Å². The Labute approximate surface area is 226 Å². The van der Waals surface area contributed by atoms with E-state index >= 15 is 0 Å². The number of aromatic nitrogens is 4. The monoisotopic (exact) mass is 531 g/mol. The van der Waals surface area contributed by atoms with E-state index < -0.39 is 11.6 Å². The van der Waals surface area contributed by atoms with Crippen LogP contribution in [0.3, 0.4) is 0 Å². The van der Waals surface area contributed by atoms with Gasteiger partial charge in [0.2, 0.25) is 11.9 Å². The fourth-order valence-corrected chi connectivity index (χ4v) is 4.48. The molecule has 2 amide bonds. The molecule has 1 saturated heterocycles. The molecule has 2 aromatic carbocycles. The number of rotatable bonds is 5. The van der Waals surface area contributed by atoms with E-state index in [1.54, 1.807) is 28.3 Å². The van der Waals surface area contributed by atoms with Crippen molar-refractivity contribution >= 4 is 34.5 Å². The summed E-state index contributed by atoms with van der Waals surface area (Å²) in [6.07, 6.45) is -0.359. The molecule has 39 heavy (non-hydrogen) atoms. The summed E-state index contributed by atoms with van der Waals surface area (Å²) in [5, 5.41) is 8.84. The lowest BCUT2D eigenvalue weighted by Gasteiger charge is -2.36. The Morgan fingerprint density at radius 3 is 2.28 bits per heavy atom. The number of nitrogens with one attached hydrogen (secondary N) is 1. The first kappa shape index (κ1) is 26.2. The molecule has 11 heteroatoms. The summed E-state index contributed by atoms with van der Waals surface area (Å²) in [5.41, 5.74) is 1.66. The number of fused-ring (bicyclic) bond motifs is 3.